The Balaban J connectivity index is 1.98. The summed E-state index contributed by atoms with van der Waals surface area (Å²) in [6.07, 6.45) is 0. The van der Waals surface area contributed by atoms with Gasteiger partial charge in [0, 0.05) is 27.9 Å². The van der Waals surface area contributed by atoms with E-state index < -0.39 is 0 Å². The Kier molecular flexibility index (Phi) is 4.10. The summed E-state index contributed by atoms with van der Waals surface area (Å²) in [7, 11) is 1.51. The van der Waals surface area contributed by atoms with E-state index in [2.05, 4.69) is 40.6 Å². The Morgan fingerprint density at radius 2 is 1.22 bits per heavy atom. The lowest BCUT2D eigenvalue weighted by molar-refractivity contribution is 0.0693. The molecule has 5 nitrogen and oxygen atoms in total. The van der Waals surface area contributed by atoms with Crippen molar-refractivity contribution in [2.45, 2.75) is 0 Å². The van der Waals surface area contributed by atoms with Gasteiger partial charge >= 0.3 is 0 Å². The van der Waals surface area contributed by atoms with Gasteiger partial charge in [0.15, 0.2) is 0 Å². The third kappa shape index (κ3) is 2.51. The summed E-state index contributed by atoms with van der Waals surface area (Å²) < 4.78 is 10.9. The highest BCUT2D eigenvalue weighted by Gasteiger charge is 2.41. The molecule has 3 aromatic heterocycles. The molecule has 10 heteroatoms. The van der Waals surface area contributed by atoms with Crippen molar-refractivity contribution in [3.05, 3.63) is 43.0 Å². The minimum absolute atomic E-state index is 0.304. The monoisotopic (exact) mass is 539 g/mol. The van der Waals surface area contributed by atoms with E-state index >= 15 is 0 Å². The number of hydrogen-bond donors (Lipinski definition) is 0. The SMILES string of the molecule is CN1C(=O)c2c(c(-c3ccc(Br)s3)c3nsnc3c2-c2ccc(Br)s2)C1=O. The van der Waals surface area contributed by atoms with Crippen LogP contribution in [0.4, 0.5) is 0 Å². The number of rotatable bonds is 2. The summed E-state index contributed by atoms with van der Waals surface area (Å²) in [5, 5.41) is 0. The average Bonchev–Trinajstić information content (AvgIpc) is 3.41. The van der Waals surface area contributed by atoms with Crippen LogP contribution in [0.5, 0.6) is 0 Å². The van der Waals surface area contributed by atoms with E-state index in [1.165, 1.54) is 34.6 Å². The van der Waals surface area contributed by atoms with Crippen molar-refractivity contribution in [1.82, 2.24) is 13.6 Å². The Bertz CT molecular complexity index is 1180. The third-order valence-corrected chi connectivity index (χ3v) is 8.20. The lowest BCUT2D eigenvalue weighted by Gasteiger charge is -2.10. The van der Waals surface area contributed by atoms with Gasteiger partial charge in [0.1, 0.15) is 11.0 Å². The fraction of sp³-hybridized carbons (Fsp3) is 0.0588. The second-order valence-corrected chi connectivity index (χ2v) is 11.3. The summed E-state index contributed by atoms with van der Waals surface area (Å²) in [6, 6.07) is 7.71. The van der Waals surface area contributed by atoms with Crippen LogP contribution in [-0.2, 0) is 0 Å². The predicted molar refractivity (Wildman–Crippen MR) is 116 cm³/mol. The molecule has 0 saturated carbocycles. The number of amides is 2. The van der Waals surface area contributed by atoms with Gasteiger partial charge < -0.3 is 0 Å². The molecule has 0 bridgehead atoms. The van der Waals surface area contributed by atoms with E-state index in [1.54, 1.807) is 0 Å². The maximum absolute atomic E-state index is 13.0. The zero-order valence-electron chi connectivity index (χ0n) is 13.4. The van der Waals surface area contributed by atoms with Gasteiger partial charge in [-0.1, -0.05) is 0 Å². The van der Waals surface area contributed by atoms with Crippen LogP contribution in [0.15, 0.2) is 31.8 Å². The van der Waals surface area contributed by atoms with Gasteiger partial charge in [0.25, 0.3) is 11.8 Å². The molecule has 0 aliphatic carbocycles. The zero-order chi connectivity index (χ0) is 18.9. The Morgan fingerprint density at radius 1 is 0.778 bits per heavy atom. The van der Waals surface area contributed by atoms with Crippen LogP contribution in [0.3, 0.4) is 0 Å². The quantitative estimate of drug-likeness (QED) is 0.297. The number of thiophene rings is 2. The zero-order valence-corrected chi connectivity index (χ0v) is 19.1. The molecular weight excluding hydrogens is 534 g/mol. The van der Waals surface area contributed by atoms with Crippen molar-refractivity contribution in [2.24, 2.45) is 0 Å². The van der Waals surface area contributed by atoms with Gasteiger partial charge in [-0.25, -0.2) is 0 Å². The first kappa shape index (κ1) is 17.6. The highest BCUT2D eigenvalue weighted by Crippen LogP contribution is 2.48. The number of aromatic nitrogens is 2. The smallest absolute Gasteiger partial charge is 0.262 e. The number of imide groups is 1. The van der Waals surface area contributed by atoms with Crippen LogP contribution in [0.25, 0.3) is 31.9 Å². The molecule has 1 aliphatic rings. The molecule has 0 saturated heterocycles. The molecule has 1 aliphatic heterocycles. The summed E-state index contributed by atoms with van der Waals surface area (Å²) in [6.45, 7) is 0. The normalized spacial score (nSPS) is 13.8. The summed E-state index contributed by atoms with van der Waals surface area (Å²) >= 11 is 11.0. The standard InChI is InChI=1S/C17H7Br2N3O2S3/c1-22-16(23)12-10(6-2-4-8(18)25-6)14-15(21-27-20-14)11(13(12)17(22)24)7-3-5-9(19)26-7/h2-5H,1H3. The molecule has 0 unspecified atom stereocenters. The van der Waals surface area contributed by atoms with Gasteiger partial charge in [-0.3, -0.25) is 14.5 Å². The highest BCUT2D eigenvalue weighted by atomic mass is 79.9. The molecule has 134 valence electrons. The first-order valence-corrected chi connectivity index (χ1v) is 11.6. The Hall–Kier alpha value is -1.46. The van der Waals surface area contributed by atoms with Gasteiger partial charge in [0.05, 0.1) is 30.4 Å². The molecule has 0 spiro atoms. The molecule has 0 radical (unpaired) electrons. The second-order valence-electron chi connectivity index (χ2n) is 5.84. The molecule has 2 amide bonds. The van der Waals surface area contributed by atoms with E-state index in [-0.39, 0.29) is 11.8 Å². The summed E-state index contributed by atoms with van der Waals surface area (Å²) in [5.74, 6) is -0.609. The van der Waals surface area contributed by atoms with Gasteiger partial charge in [-0.05, 0) is 56.1 Å². The van der Waals surface area contributed by atoms with E-state index in [9.17, 15) is 9.59 Å². The number of benzene rings is 1. The Labute approximate surface area is 182 Å². The van der Waals surface area contributed by atoms with Crippen LogP contribution in [0.1, 0.15) is 20.7 Å². The van der Waals surface area contributed by atoms with E-state index in [1.807, 2.05) is 24.3 Å². The van der Waals surface area contributed by atoms with Gasteiger partial charge in [-0.2, -0.15) is 8.75 Å². The Morgan fingerprint density at radius 3 is 1.59 bits per heavy atom. The second kappa shape index (κ2) is 6.28. The minimum Gasteiger partial charge on any atom is -0.277 e. The molecule has 0 N–H and O–H groups in total. The largest absolute Gasteiger partial charge is 0.277 e. The maximum Gasteiger partial charge on any atom is 0.262 e. The molecule has 0 fully saturated rings. The van der Waals surface area contributed by atoms with Gasteiger partial charge in [0.2, 0.25) is 0 Å². The molecule has 1 aromatic carbocycles. The first-order chi connectivity index (χ1) is 13.0. The van der Waals surface area contributed by atoms with Crippen LogP contribution in [0, 0.1) is 0 Å². The maximum atomic E-state index is 13.0. The lowest BCUT2D eigenvalue weighted by Crippen LogP contribution is -2.24. The lowest BCUT2D eigenvalue weighted by atomic mass is 9.93. The average molecular weight is 541 g/mol. The van der Waals surface area contributed by atoms with E-state index in [4.69, 9.17) is 0 Å². The number of carbonyl (C=O) groups excluding carboxylic acids is 2. The van der Waals surface area contributed by atoms with Gasteiger partial charge in [-0.15, -0.1) is 22.7 Å². The molecule has 5 rings (SSSR count). The topological polar surface area (TPSA) is 63.2 Å². The summed E-state index contributed by atoms with van der Waals surface area (Å²) in [4.78, 5) is 29.0. The van der Waals surface area contributed by atoms with Crippen LogP contribution < -0.4 is 0 Å². The number of halogens is 2. The fourth-order valence-electron chi connectivity index (χ4n) is 3.24. The molecule has 4 aromatic rings. The van der Waals surface area contributed by atoms with Crippen LogP contribution >= 0.6 is 66.3 Å². The van der Waals surface area contributed by atoms with E-state index in [0.717, 1.165) is 29.1 Å². The van der Waals surface area contributed by atoms with Crippen LogP contribution in [-0.4, -0.2) is 32.5 Å². The predicted octanol–water partition coefficient (Wildman–Crippen LogP) is 5.90. The van der Waals surface area contributed by atoms with Crippen LogP contribution in [0.2, 0.25) is 0 Å². The summed E-state index contributed by atoms with van der Waals surface area (Å²) in [5.41, 5.74) is 3.51. The molecule has 27 heavy (non-hydrogen) atoms. The number of hydrogen-bond acceptors (Lipinski definition) is 7. The first-order valence-electron chi connectivity index (χ1n) is 7.63. The number of carbonyl (C=O) groups is 2. The van der Waals surface area contributed by atoms with E-state index in [0.29, 0.717) is 33.3 Å². The van der Waals surface area contributed by atoms with Crippen molar-refractivity contribution < 1.29 is 9.59 Å². The molecule has 4 heterocycles. The fourth-order valence-corrected chi connectivity index (χ4v) is 6.67. The van der Waals surface area contributed by atoms with Crippen molar-refractivity contribution >= 4 is 89.1 Å². The highest BCUT2D eigenvalue weighted by molar-refractivity contribution is 9.11. The molecular formula is C17H7Br2N3O2S3. The minimum atomic E-state index is -0.304. The third-order valence-electron chi connectivity index (χ3n) is 4.39. The number of fused-ring (bicyclic) bond motifs is 2. The van der Waals surface area contributed by atoms with Crippen molar-refractivity contribution in [2.75, 3.05) is 7.05 Å². The van der Waals surface area contributed by atoms with Crippen molar-refractivity contribution in [3.63, 3.8) is 0 Å². The number of nitrogens with zero attached hydrogens (tertiary/aromatic N) is 3. The van der Waals surface area contributed by atoms with Crippen molar-refractivity contribution in [1.29, 1.82) is 0 Å². The van der Waals surface area contributed by atoms with Crippen molar-refractivity contribution in [3.8, 4) is 20.9 Å². The molecule has 0 atom stereocenters.